The molecule has 0 radical (unpaired) electrons. The van der Waals surface area contributed by atoms with Crippen LogP contribution >= 0.6 is 0 Å². The number of rotatable bonds is 4. The first-order valence-corrected chi connectivity index (χ1v) is 12.2. The summed E-state index contributed by atoms with van der Waals surface area (Å²) in [6.07, 6.45) is 6.59. The number of benzene rings is 1. The summed E-state index contributed by atoms with van der Waals surface area (Å²) >= 11 is 0. The van der Waals surface area contributed by atoms with Crippen LogP contribution in [0, 0.1) is 18.8 Å². The Morgan fingerprint density at radius 2 is 1.91 bits per heavy atom. The minimum atomic E-state index is 0.233. The van der Waals surface area contributed by atoms with Crippen LogP contribution in [0.4, 0.5) is 5.82 Å². The van der Waals surface area contributed by atoms with Crippen LogP contribution in [-0.2, 0) is 11.2 Å². The van der Waals surface area contributed by atoms with Crippen LogP contribution in [0.3, 0.4) is 0 Å². The van der Waals surface area contributed by atoms with Crippen LogP contribution in [0.2, 0.25) is 0 Å². The number of likely N-dealkylation sites (tertiary alicyclic amines) is 1. The van der Waals surface area contributed by atoms with Gasteiger partial charge in [-0.25, -0.2) is 9.97 Å². The lowest BCUT2D eigenvalue weighted by Gasteiger charge is -2.40. The second-order valence-electron chi connectivity index (χ2n) is 10.4. The summed E-state index contributed by atoms with van der Waals surface area (Å²) < 4.78 is 5.75. The molecule has 3 aromatic rings. The van der Waals surface area contributed by atoms with Crippen LogP contribution in [-0.4, -0.2) is 52.2 Å². The van der Waals surface area contributed by atoms with Gasteiger partial charge in [-0.1, -0.05) is 23.8 Å². The smallest absolute Gasteiger partial charge is 0.143 e. The van der Waals surface area contributed by atoms with E-state index in [4.69, 9.17) is 9.72 Å². The fraction of sp³-hybridized carbons (Fsp3) is 0.538. The highest BCUT2D eigenvalue weighted by Crippen LogP contribution is 2.43. The number of ether oxygens (including phenoxy) is 1. The number of anilines is 1. The van der Waals surface area contributed by atoms with Gasteiger partial charge in [-0.15, -0.1) is 0 Å². The molecule has 4 aliphatic rings. The van der Waals surface area contributed by atoms with E-state index in [1.54, 1.807) is 6.33 Å². The standard InChI is InChI=1S/C26H31N5O/c1-15-2-6-20-17(8-15)5-7-23(31-10-18-12-32-13-19(18)11-31)24(20)30-26-21-9-22(16-3-4-16)29-25(21)27-14-28-26/h2,6,8-9,14,16,18-19,23-24H,3-5,7,10-13H2,1H3,(H2,27,28,29,30). The van der Waals surface area contributed by atoms with E-state index in [9.17, 15) is 0 Å². The van der Waals surface area contributed by atoms with Crippen LogP contribution in [0.1, 0.15) is 53.6 Å². The monoisotopic (exact) mass is 429 g/mol. The molecular weight excluding hydrogens is 398 g/mol. The molecule has 7 rings (SSSR count). The Bertz CT molecular complexity index is 1160. The van der Waals surface area contributed by atoms with Crippen molar-refractivity contribution in [1.29, 1.82) is 0 Å². The summed E-state index contributed by atoms with van der Waals surface area (Å²) in [7, 11) is 0. The lowest BCUT2D eigenvalue weighted by molar-refractivity contribution is 0.127. The molecule has 4 heterocycles. The predicted octanol–water partition coefficient (Wildman–Crippen LogP) is 4.19. The van der Waals surface area contributed by atoms with Gasteiger partial charge in [-0.05, 0) is 55.7 Å². The Balaban J connectivity index is 1.26. The molecule has 1 aromatic carbocycles. The molecule has 0 bridgehead atoms. The molecule has 3 fully saturated rings. The van der Waals surface area contributed by atoms with Crippen LogP contribution in [0.15, 0.2) is 30.6 Å². The zero-order valence-electron chi connectivity index (χ0n) is 18.7. The molecule has 2 aliphatic heterocycles. The van der Waals surface area contributed by atoms with E-state index < -0.39 is 0 Å². The number of H-pyrrole nitrogens is 1. The lowest BCUT2D eigenvalue weighted by Crippen LogP contribution is -2.44. The minimum absolute atomic E-state index is 0.233. The van der Waals surface area contributed by atoms with Crippen molar-refractivity contribution in [2.45, 2.75) is 50.6 Å². The van der Waals surface area contributed by atoms with E-state index in [2.05, 4.69) is 51.4 Å². The number of nitrogens with zero attached hydrogens (tertiary/aromatic N) is 3. The van der Waals surface area contributed by atoms with Crippen molar-refractivity contribution in [3.63, 3.8) is 0 Å². The van der Waals surface area contributed by atoms with E-state index >= 15 is 0 Å². The molecule has 32 heavy (non-hydrogen) atoms. The van der Waals surface area contributed by atoms with Crippen LogP contribution < -0.4 is 5.32 Å². The highest BCUT2D eigenvalue weighted by atomic mass is 16.5. The minimum Gasteiger partial charge on any atom is -0.381 e. The maximum Gasteiger partial charge on any atom is 0.143 e. The Kier molecular flexibility index (Phi) is 4.34. The summed E-state index contributed by atoms with van der Waals surface area (Å²) in [6.45, 7) is 6.38. The van der Waals surface area contributed by atoms with Gasteiger partial charge in [0, 0.05) is 36.7 Å². The molecule has 4 atom stereocenters. The predicted molar refractivity (Wildman–Crippen MR) is 125 cm³/mol. The fourth-order valence-corrected chi connectivity index (χ4v) is 6.33. The van der Waals surface area contributed by atoms with Crippen molar-refractivity contribution in [3.8, 4) is 0 Å². The van der Waals surface area contributed by atoms with Gasteiger partial charge < -0.3 is 15.0 Å². The summed E-state index contributed by atoms with van der Waals surface area (Å²) in [4.78, 5) is 15.5. The Morgan fingerprint density at radius 1 is 1.06 bits per heavy atom. The molecular formula is C26H31N5O. The molecule has 6 heteroatoms. The third-order valence-corrected chi connectivity index (χ3v) is 8.22. The average Bonchev–Trinajstić information content (AvgIpc) is 3.20. The van der Waals surface area contributed by atoms with Gasteiger partial charge in [0.25, 0.3) is 0 Å². The first-order chi connectivity index (χ1) is 15.7. The molecule has 166 valence electrons. The highest BCUT2D eigenvalue weighted by molar-refractivity contribution is 5.88. The van der Waals surface area contributed by atoms with Gasteiger partial charge in [0.1, 0.15) is 17.8 Å². The van der Waals surface area contributed by atoms with Gasteiger partial charge in [0.15, 0.2) is 0 Å². The quantitative estimate of drug-likeness (QED) is 0.651. The Labute approximate surface area is 188 Å². The molecule has 2 saturated heterocycles. The third kappa shape index (κ3) is 3.15. The number of hydrogen-bond donors (Lipinski definition) is 2. The van der Waals surface area contributed by atoms with E-state index in [0.717, 1.165) is 49.6 Å². The van der Waals surface area contributed by atoms with Gasteiger partial charge in [0.2, 0.25) is 0 Å². The van der Waals surface area contributed by atoms with Crippen molar-refractivity contribution >= 4 is 16.9 Å². The molecule has 2 aromatic heterocycles. The van der Waals surface area contributed by atoms with Crippen molar-refractivity contribution in [2.75, 3.05) is 31.6 Å². The van der Waals surface area contributed by atoms with Gasteiger partial charge in [-0.2, -0.15) is 0 Å². The average molecular weight is 430 g/mol. The van der Waals surface area contributed by atoms with Gasteiger partial charge >= 0.3 is 0 Å². The third-order valence-electron chi connectivity index (χ3n) is 8.22. The molecule has 1 saturated carbocycles. The van der Waals surface area contributed by atoms with Crippen molar-refractivity contribution in [3.05, 3.63) is 53.0 Å². The zero-order valence-corrected chi connectivity index (χ0v) is 18.7. The number of fused-ring (bicyclic) bond motifs is 3. The molecule has 2 aliphatic carbocycles. The van der Waals surface area contributed by atoms with Crippen molar-refractivity contribution in [2.24, 2.45) is 11.8 Å². The maximum atomic E-state index is 5.75. The number of nitrogens with one attached hydrogen (secondary N) is 2. The van der Waals surface area contributed by atoms with E-state index in [0.29, 0.717) is 23.8 Å². The largest absolute Gasteiger partial charge is 0.381 e. The topological polar surface area (TPSA) is 66.1 Å². The van der Waals surface area contributed by atoms with Crippen molar-refractivity contribution < 1.29 is 4.74 Å². The summed E-state index contributed by atoms with van der Waals surface area (Å²) in [5.74, 6) is 3.04. The number of aryl methyl sites for hydroxylation is 2. The second-order valence-corrected chi connectivity index (χ2v) is 10.4. The second kappa shape index (κ2) is 7.29. The summed E-state index contributed by atoms with van der Waals surface area (Å²) in [6, 6.07) is 9.98. The van der Waals surface area contributed by atoms with E-state index in [1.165, 1.54) is 41.6 Å². The maximum absolute atomic E-state index is 5.75. The van der Waals surface area contributed by atoms with Gasteiger partial charge in [-0.3, -0.25) is 4.90 Å². The molecule has 0 amide bonds. The Morgan fingerprint density at radius 3 is 2.72 bits per heavy atom. The summed E-state index contributed by atoms with van der Waals surface area (Å²) in [5.41, 5.74) is 6.53. The zero-order chi connectivity index (χ0) is 21.2. The van der Waals surface area contributed by atoms with E-state index in [1.807, 2.05) is 0 Å². The molecule has 4 unspecified atom stereocenters. The fourth-order valence-electron chi connectivity index (χ4n) is 6.33. The number of hydrogen-bond acceptors (Lipinski definition) is 5. The van der Waals surface area contributed by atoms with Gasteiger partial charge in [0.05, 0.1) is 24.6 Å². The van der Waals surface area contributed by atoms with Crippen LogP contribution in [0.5, 0.6) is 0 Å². The summed E-state index contributed by atoms with van der Waals surface area (Å²) in [5, 5.41) is 5.04. The molecule has 0 spiro atoms. The Hall–Kier alpha value is -2.44. The number of aromatic nitrogens is 3. The molecule has 6 nitrogen and oxygen atoms in total. The number of aromatic amines is 1. The normalized spacial score (nSPS) is 29.9. The lowest BCUT2D eigenvalue weighted by atomic mass is 9.82. The highest BCUT2D eigenvalue weighted by Gasteiger charge is 2.43. The SMILES string of the molecule is Cc1ccc2c(c1)CCC(N1CC3COCC3C1)C2Nc1ncnc2[nH]c(C3CC3)cc12. The van der Waals surface area contributed by atoms with E-state index in [-0.39, 0.29) is 6.04 Å². The van der Waals surface area contributed by atoms with Crippen molar-refractivity contribution in [1.82, 2.24) is 19.9 Å². The van der Waals surface area contributed by atoms with Crippen LogP contribution in [0.25, 0.3) is 11.0 Å². The molecule has 2 N–H and O–H groups in total. The first-order valence-electron chi connectivity index (χ1n) is 12.2. The first kappa shape index (κ1) is 19.1.